The molecule has 3 heteroatoms. The van der Waals surface area contributed by atoms with Crippen LogP contribution in [0.4, 0.5) is 0 Å². The van der Waals surface area contributed by atoms with Gasteiger partial charge in [0.15, 0.2) is 0 Å². The van der Waals surface area contributed by atoms with Crippen LogP contribution < -0.4 is 5.32 Å². The molecule has 2 nitrogen and oxygen atoms in total. The fraction of sp³-hybridized carbons (Fsp3) is 1.00. The molecule has 0 aromatic rings. The first-order chi connectivity index (χ1) is 7.96. The van der Waals surface area contributed by atoms with Gasteiger partial charge in [0.25, 0.3) is 0 Å². The summed E-state index contributed by atoms with van der Waals surface area (Å²) in [4.78, 5) is 0. The quantitative estimate of drug-likeness (QED) is 0.789. The van der Waals surface area contributed by atoms with Crippen LogP contribution in [0.25, 0.3) is 0 Å². The zero-order chi connectivity index (χ0) is 12.9. The summed E-state index contributed by atoms with van der Waals surface area (Å²) in [7, 11) is 1.80. The Balaban J connectivity index is 2.25. The number of methoxy groups -OCH3 is 1. The summed E-state index contributed by atoms with van der Waals surface area (Å²) >= 11 is 2.03. The predicted molar refractivity (Wildman–Crippen MR) is 77.9 cm³/mol. The number of thioether (sulfide) groups is 1. The van der Waals surface area contributed by atoms with E-state index in [2.05, 4.69) is 32.3 Å². The van der Waals surface area contributed by atoms with Gasteiger partial charge >= 0.3 is 0 Å². The summed E-state index contributed by atoms with van der Waals surface area (Å²) in [5.74, 6) is 0. The predicted octanol–water partition coefficient (Wildman–Crippen LogP) is 3.45. The van der Waals surface area contributed by atoms with E-state index in [0.717, 1.165) is 17.7 Å². The van der Waals surface area contributed by atoms with E-state index in [0.29, 0.717) is 6.04 Å². The van der Waals surface area contributed by atoms with Crippen LogP contribution in [0.15, 0.2) is 0 Å². The number of ether oxygens (including phenoxy) is 1. The van der Waals surface area contributed by atoms with Crippen molar-refractivity contribution in [2.24, 2.45) is 0 Å². The number of hydrogen-bond donors (Lipinski definition) is 1. The smallest absolute Gasteiger partial charge is 0.0637 e. The maximum Gasteiger partial charge on any atom is 0.0637 e. The zero-order valence-corrected chi connectivity index (χ0v) is 12.9. The second-order valence-electron chi connectivity index (χ2n) is 5.94. The van der Waals surface area contributed by atoms with Gasteiger partial charge in [0, 0.05) is 24.4 Å². The van der Waals surface area contributed by atoms with Crippen molar-refractivity contribution in [3.63, 3.8) is 0 Å². The number of rotatable bonds is 6. The fourth-order valence-corrected chi connectivity index (χ4v) is 3.49. The molecule has 102 valence electrons. The zero-order valence-electron chi connectivity index (χ0n) is 12.1. The Kier molecular flexibility index (Phi) is 6.32. The Morgan fingerprint density at radius 2 is 1.88 bits per heavy atom. The largest absolute Gasteiger partial charge is 0.379 e. The van der Waals surface area contributed by atoms with Gasteiger partial charge in [-0.25, -0.2) is 0 Å². The molecule has 1 rings (SSSR count). The lowest BCUT2D eigenvalue weighted by atomic mass is 9.93. The molecule has 0 amide bonds. The highest BCUT2D eigenvalue weighted by Crippen LogP contribution is 2.27. The number of nitrogens with one attached hydrogen (secondary N) is 1. The summed E-state index contributed by atoms with van der Waals surface area (Å²) in [6, 6.07) is 1.27. The third-order valence-corrected chi connectivity index (χ3v) is 5.02. The van der Waals surface area contributed by atoms with Gasteiger partial charge in [-0.3, -0.25) is 0 Å². The van der Waals surface area contributed by atoms with Crippen LogP contribution in [0.3, 0.4) is 0 Å². The molecule has 0 spiro atoms. The average Bonchev–Trinajstić information content (AvgIpc) is 2.29. The second kappa shape index (κ2) is 7.01. The van der Waals surface area contributed by atoms with E-state index in [1.165, 1.54) is 25.7 Å². The molecule has 0 heterocycles. The van der Waals surface area contributed by atoms with Gasteiger partial charge in [-0.15, -0.1) is 0 Å². The molecule has 0 aromatic carbocycles. The highest BCUT2D eigenvalue weighted by atomic mass is 32.2. The van der Waals surface area contributed by atoms with Crippen LogP contribution in [-0.4, -0.2) is 36.3 Å². The van der Waals surface area contributed by atoms with E-state index in [9.17, 15) is 0 Å². The van der Waals surface area contributed by atoms with Crippen molar-refractivity contribution in [3.05, 3.63) is 0 Å². The Labute approximate surface area is 111 Å². The van der Waals surface area contributed by atoms with Gasteiger partial charge in [-0.1, -0.05) is 0 Å². The lowest BCUT2D eigenvalue weighted by molar-refractivity contribution is 0.00732. The molecule has 1 N–H and O–H groups in total. The maximum absolute atomic E-state index is 5.49. The standard InChI is InChI=1S/C14H29NOS/c1-11(10-14(2,3)16-4)15-12-6-8-13(17-5)9-7-12/h11-13,15H,6-10H2,1-5H3. The molecule has 0 aromatic heterocycles. The van der Waals surface area contributed by atoms with Gasteiger partial charge in [0.1, 0.15) is 0 Å². The molecule has 1 atom stereocenters. The Bertz CT molecular complexity index is 212. The van der Waals surface area contributed by atoms with Crippen molar-refractivity contribution in [2.75, 3.05) is 13.4 Å². The normalized spacial score (nSPS) is 28.1. The van der Waals surface area contributed by atoms with E-state index in [4.69, 9.17) is 4.74 Å². The van der Waals surface area contributed by atoms with Gasteiger partial charge < -0.3 is 10.1 Å². The molecule has 0 aliphatic heterocycles. The molecule has 1 aliphatic rings. The van der Waals surface area contributed by atoms with Crippen LogP contribution in [0, 0.1) is 0 Å². The topological polar surface area (TPSA) is 21.3 Å². The lowest BCUT2D eigenvalue weighted by Crippen LogP contribution is -2.43. The summed E-state index contributed by atoms with van der Waals surface area (Å²) in [5.41, 5.74) is -0.0110. The third-order valence-electron chi connectivity index (χ3n) is 3.88. The highest BCUT2D eigenvalue weighted by Gasteiger charge is 2.24. The van der Waals surface area contributed by atoms with E-state index < -0.39 is 0 Å². The van der Waals surface area contributed by atoms with Gasteiger partial charge in [0.2, 0.25) is 0 Å². The van der Waals surface area contributed by atoms with Crippen LogP contribution >= 0.6 is 11.8 Å². The van der Waals surface area contributed by atoms with Crippen molar-refractivity contribution in [1.82, 2.24) is 5.32 Å². The van der Waals surface area contributed by atoms with Crippen molar-refractivity contribution < 1.29 is 4.74 Å². The molecular formula is C14H29NOS. The molecule has 17 heavy (non-hydrogen) atoms. The maximum atomic E-state index is 5.49. The lowest BCUT2D eigenvalue weighted by Gasteiger charge is -2.33. The van der Waals surface area contributed by atoms with E-state index in [-0.39, 0.29) is 5.60 Å². The molecule has 1 saturated carbocycles. The van der Waals surface area contributed by atoms with Crippen LogP contribution in [-0.2, 0) is 4.74 Å². The molecule has 1 unspecified atom stereocenters. The first-order valence-corrected chi connectivity index (χ1v) is 8.09. The molecule has 1 aliphatic carbocycles. The fourth-order valence-electron chi connectivity index (χ4n) is 2.75. The summed E-state index contributed by atoms with van der Waals surface area (Å²) in [5, 5.41) is 4.67. The minimum Gasteiger partial charge on any atom is -0.379 e. The van der Waals surface area contributed by atoms with Gasteiger partial charge in [-0.05, 0) is 59.1 Å². The van der Waals surface area contributed by atoms with E-state index in [1.54, 1.807) is 7.11 Å². The van der Waals surface area contributed by atoms with Crippen molar-refractivity contribution in [1.29, 1.82) is 0 Å². The van der Waals surface area contributed by atoms with Crippen molar-refractivity contribution >= 4 is 11.8 Å². The minimum absolute atomic E-state index is 0.0110. The molecule has 0 bridgehead atoms. The monoisotopic (exact) mass is 259 g/mol. The van der Waals surface area contributed by atoms with Gasteiger partial charge in [0.05, 0.1) is 5.60 Å². The SMILES string of the molecule is COC(C)(C)CC(C)NC1CCC(SC)CC1. The first-order valence-electron chi connectivity index (χ1n) is 6.81. The first kappa shape index (κ1) is 15.3. The summed E-state index contributed by atoms with van der Waals surface area (Å²) in [6.07, 6.45) is 8.74. The van der Waals surface area contributed by atoms with Gasteiger partial charge in [-0.2, -0.15) is 11.8 Å². The van der Waals surface area contributed by atoms with Crippen LogP contribution in [0.2, 0.25) is 0 Å². The third kappa shape index (κ3) is 5.62. The summed E-state index contributed by atoms with van der Waals surface area (Å²) < 4.78 is 5.49. The average molecular weight is 259 g/mol. The van der Waals surface area contributed by atoms with Crippen LogP contribution in [0.5, 0.6) is 0 Å². The molecule has 0 radical (unpaired) electrons. The molecule has 1 fully saturated rings. The minimum atomic E-state index is -0.0110. The molecular weight excluding hydrogens is 230 g/mol. The number of hydrogen-bond acceptors (Lipinski definition) is 3. The summed E-state index contributed by atoms with van der Waals surface area (Å²) in [6.45, 7) is 6.60. The van der Waals surface area contributed by atoms with Crippen LogP contribution in [0.1, 0.15) is 52.9 Å². The van der Waals surface area contributed by atoms with Crippen molar-refractivity contribution in [2.45, 2.75) is 75.8 Å². The van der Waals surface area contributed by atoms with E-state index >= 15 is 0 Å². The highest BCUT2D eigenvalue weighted by molar-refractivity contribution is 7.99. The Morgan fingerprint density at radius 3 is 2.35 bits per heavy atom. The molecule has 0 saturated heterocycles. The Morgan fingerprint density at radius 1 is 1.29 bits per heavy atom. The Hall–Kier alpha value is 0.270. The van der Waals surface area contributed by atoms with E-state index in [1.807, 2.05) is 11.8 Å². The van der Waals surface area contributed by atoms with Crippen molar-refractivity contribution in [3.8, 4) is 0 Å². The second-order valence-corrected chi connectivity index (χ2v) is 7.08.